The highest BCUT2D eigenvalue weighted by Crippen LogP contribution is 2.40. The molecule has 1 unspecified atom stereocenters. The van der Waals surface area contributed by atoms with E-state index in [9.17, 15) is 0 Å². The van der Waals surface area contributed by atoms with Gasteiger partial charge in [0.2, 0.25) is 0 Å². The van der Waals surface area contributed by atoms with Crippen molar-refractivity contribution in [1.82, 2.24) is 4.90 Å². The zero-order chi connectivity index (χ0) is 13.2. The lowest BCUT2D eigenvalue weighted by atomic mass is 9.79. The summed E-state index contributed by atoms with van der Waals surface area (Å²) in [5.41, 5.74) is 3.28. The van der Waals surface area contributed by atoms with E-state index in [1.54, 1.807) is 11.1 Å². The molecule has 2 aliphatic carbocycles. The number of nitrogens with zero attached hydrogens (tertiary/aromatic N) is 1. The molecule has 3 rings (SSSR count). The van der Waals surface area contributed by atoms with Crippen LogP contribution in [0.25, 0.3) is 0 Å². The van der Waals surface area contributed by atoms with Crippen molar-refractivity contribution in [3.8, 4) is 0 Å². The topological polar surface area (TPSA) is 3.24 Å². The van der Waals surface area contributed by atoms with Gasteiger partial charge in [-0.1, -0.05) is 24.3 Å². The summed E-state index contributed by atoms with van der Waals surface area (Å²) in [6.07, 6.45) is 9.86. The monoisotopic (exact) mass is 257 g/mol. The van der Waals surface area contributed by atoms with Gasteiger partial charge in [0.15, 0.2) is 0 Å². The summed E-state index contributed by atoms with van der Waals surface area (Å²) in [5, 5.41) is 0. The van der Waals surface area contributed by atoms with E-state index in [-0.39, 0.29) is 0 Å². The van der Waals surface area contributed by atoms with Crippen LogP contribution in [0, 0.1) is 5.92 Å². The smallest absolute Gasteiger partial charge is 0.00893 e. The van der Waals surface area contributed by atoms with Crippen LogP contribution in [0.2, 0.25) is 0 Å². The van der Waals surface area contributed by atoms with E-state index < -0.39 is 0 Å². The molecule has 0 amide bonds. The van der Waals surface area contributed by atoms with Gasteiger partial charge >= 0.3 is 0 Å². The molecular weight excluding hydrogens is 230 g/mol. The van der Waals surface area contributed by atoms with Crippen LogP contribution < -0.4 is 0 Å². The lowest BCUT2D eigenvalue weighted by Crippen LogP contribution is -2.32. The Labute approximate surface area is 118 Å². The summed E-state index contributed by atoms with van der Waals surface area (Å²) in [4.78, 5) is 2.42. The Bertz CT molecular complexity index is 415. The molecule has 1 aromatic carbocycles. The quantitative estimate of drug-likeness (QED) is 0.783. The molecule has 0 heterocycles. The summed E-state index contributed by atoms with van der Waals surface area (Å²) in [6, 6.07) is 9.97. The van der Waals surface area contributed by atoms with Gasteiger partial charge < -0.3 is 4.90 Å². The molecule has 0 bridgehead atoms. The van der Waals surface area contributed by atoms with Gasteiger partial charge in [-0.3, -0.25) is 0 Å². The van der Waals surface area contributed by atoms with Crippen LogP contribution in [0.3, 0.4) is 0 Å². The normalized spacial score (nSPS) is 30.6. The summed E-state index contributed by atoms with van der Waals surface area (Å²) < 4.78 is 0. The molecule has 0 saturated heterocycles. The van der Waals surface area contributed by atoms with E-state index >= 15 is 0 Å². The fourth-order valence-electron chi connectivity index (χ4n) is 4.19. The molecule has 19 heavy (non-hydrogen) atoms. The lowest BCUT2D eigenvalue weighted by Gasteiger charge is -2.33. The number of hydrogen-bond acceptors (Lipinski definition) is 1. The Morgan fingerprint density at radius 2 is 1.74 bits per heavy atom. The largest absolute Gasteiger partial charge is 0.306 e. The minimum atomic E-state index is 0.840. The van der Waals surface area contributed by atoms with Gasteiger partial charge in [0.05, 0.1) is 0 Å². The molecule has 1 fully saturated rings. The van der Waals surface area contributed by atoms with Crippen LogP contribution in [0.1, 0.15) is 55.6 Å². The summed E-state index contributed by atoms with van der Waals surface area (Å²) in [7, 11) is 4.47. The highest BCUT2D eigenvalue weighted by molar-refractivity contribution is 5.34. The van der Waals surface area contributed by atoms with E-state index in [4.69, 9.17) is 0 Å². The first kappa shape index (κ1) is 13.2. The molecule has 1 atom stereocenters. The number of hydrogen-bond donors (Lipinski definition) is 0. The molecule has 0 spiro atoms. The number of aryl methyl sites for hydroxylation is 1. The highest BCUT2D eigenvalue weighted by Gasteiger charge is 2.28. The standard InChI is InChI=1S/C18H27N/c1-19(2)17-11-7-14(8-12-17)13-16-10-9-15-5-3-4-6-18(15)16/h3-6,14,16-17H,7-13H2,1-2H3. The summed E-state index contributed by atoms with van der Waals surface area (Å²) in [5.74, 6) is 1.84. The van der Waals surface area contributed by atoms with Crippen LogP contribution in [-0.4, -0.2) is 25.0 Å². The molecule has 1 saturated carbocycles. The zero-order valence-corrected chi connectivity index (χ0v) is 12.4. The van der Waals surface area contributed by atoms with Crippen LogP contribution in [0.5, 0.6) is 0 Å². The van der Waals surface area contributed by atoms with E-state index in [2.05, 4.69) is 43.3 Å². The van der Waals surface area contributed by atoms with Crippen molar-refractivity contribution in [2.75, 3.05) is 14.1 Å². The number of fused-ring (bicyclic) bond motifs is 1. The van der Waals surface area contributed by atoms with Crippen LogP contribution in [0.4, 0.5) is 0 Å². The summed E-state index contributed by atoms with van der Waals surface area (Å²) in [6.45, 7) is 0. The Morgan fingerprint density at radius 3 is 2.47 bits per heavy atom. The molecule has 2 aliphatic rings. The predicted octanol–water partition coefficient (Wildman–Crippen LogP) is 4.23. The van der Waals surface area contributed by atoms with Crippen molar-refractivity contribution in [3.05, 3.63) is 35.4 Å². The van der Waals surface area contributed by atoms with Gasteiger partial charge in [0.1, 0.15) is 0 Å². The SMILES string of the molecule is CN(C)C1CCC(CC2CCc3ccccc32)CC1. The third kappa shape index (κ3) is 2.86. The molecular formula is C18H27N. The molecule has 1 nitrogen and oxygen atoms in total. The average molecular weight is 257 g/mol. The van der Waals surface area contributed by atoms with E-state index in [0.29, 0.717) is 0 Å². The predicted molar refractivity (Wildman–Crippen MR) is 81.6 cm³/mol. The van der Waals surface area contributed by atoms with E-state index in [0.717, 1.165) is 17.9 Å². The fourth-order valence-corrected chi connectivity index (χ4v) is 4.19. The van der Waals surface area contributed by atoms with Gasteiger partial charge in [-0.15, -0.1) is 0 Å². The molecule has 0 aromatic heterocycles. The Kier molecular flexibility index (Phi) is 3.93. The molecule has 104 valence electrons. The van der Waals surface area contributed by atoms with E-state index in [1.165, 1.54) is 44.9 Å². The van der Waals surface area contributed by atoms with Gasteiger partial charge in [0, 0.05) is 6.04 Å². The van der Waals surface area contributed by atoms with Gasteiger partial charge in [-0.2, -0.15) is 0 Å². The first-order valence-corrected chi connectivity index (χ1v) is 7.98. The van der Waals surface area contributed by atoms with E-state index in [1.807, 2.05) is 0 Å². The van der Waals surface area contributed by atoms with Crippen molar-refractivity contribution < 1.29 is 0 Å². The molecule has 1 aromatic rings. The lowest BCUT2D eigenvalue weighted by molar-refractivity contribution is 0.184. The first-order chi connectivity index (χ1) is 9.24. The van der Waals surface area contributed by atoms with Gasteiger partial charge in [-0.25, -0.2) is 0 Å². The van der Waals surface area contributed by atoms with Gasteiger partial charge in [0.25, 0.3) is 0 Å². The first-order valence-electron chi connectivity index (χ1n) is 7.98. The number of rotatable bonds is 3. The van der Waals surface area contributed by atoms with Crippen molar-refractivity contribution in [3.63, 3.8) is 0 Å². The maximum Gasteiger partial charge on any atom is 0.00893 e. The second-order valence-electron chi connectivity index (χ2n) is 6.81. The van der Waals surface area contributed by atoms with Crippen molar-refractivity contribution in [2.45, 2.75) is 56.9 Å². The maximum absolute atomic E-state index is 2.42. The Hall–Kier alpha value is -0.820. The molecule has 0 N–H and O–H groups in total. The number of benzene rings is 1. The van der Waals surface area contributed by atoms with Gasteiger partial charge in [-0.05, 0) is 82.0 Å². The molecule has 0 aliphatic heterocycles. The Morgan fingerprint density at radius 1 is 1.00 bits per heavy atom. The van der Waals surface area contributed by atoms with Crippen molar-refractivity contribution >= 4 is 0 Å². The third-order valence-corrected chi connectivity index (χ3v) is 5.42. The van der Waals surface area contributed by atoms with Crippen LogP contribution >= 0.6 is 0 Å². The highest BCUT2D eigenvalue weighted by atomic mass is 15.1. The second kappa shape index (κ2) is 5.66. The van der Waals surface area contributed by atoms with Crippen molar-refractivity contribution in [2.24, 2.45) is 5.92 Å². The minimum absolute atomic E-state index is 0.840. The van der Waals surface area contributed by atoms with Crippen LogP contribution in [-0.2, 0) is 6.42 Å². The zero-order valence-electron chi connectivity index (χ0n) is 12.4. The fraction of sp³-hybridized carbons (Fsp3) is 0.667. The maximum atomic E-state index is 2.42. The minimum Gasteiger partial charge on any atom is -0.306 e. The Balaban J connectivity index is 1.57. The van der Waals surface area contributed by atoms with Crippen molar-refractivity contribution in [1.29, 1.82) is 0 Å². The molecule has 0 radical (unpaired) electrons. The average Bonchev–Trinajstić information content (AvgIpc) is 2.83. The summed E-state index contributed by atoms with van der Waals surface area (Å²) >= 11 is 0. The molecule has 1 heteroatoms. The third-order valence-electron chi connectivity index (χ3n) is 5.42. The second-order valence-corrected chi connectivity index (χ2v) is 6.81. The van der Waals surface area contributed by atoms with Crippen LogP contribution in [0.15, 0.2) is 24.3 Å².